The highest BCUT2D eigenvalue weighted by atomic mass is 16.4. The first-order valence-electron chi connectivity index (χ1n) is 7.95. The number of aromatic nitrogens is 2. The Labute approximate surface area is 134 Å². The third kappa shape index (κ3) is 3.88. The van der Waals surface area contributed by atoms with Crippen LogP contribution >= 0.6 is 0 Å². The molecule has 8 nitrogen and oxygen atoms in total. The van der Waals surface area contributed by atoms with E-state index in [0.717, 1.165) is 25.8 Å². The van der Waals surface area contributed by atoms with Crippen molar-refractivity contribution in [3.63, 3.8) is 0 Å². The third-order valence-electron chi connectivity index (χ3n) is 4.26. The van der Waals surface area contributed by atoms with E-state index in [1.54, 1.807) is 23.4 Å². The maximum atomic E-state index is 12.3. The highest BCUT2D eigenvalue weighted by Gasteiger charge is 2.38. The van der Waals surface area contributed by atoms with Crippen LogP contribution in [0.2, 0.25) is 0 Å². The molecule has 1 saturated heterocycles. The number of carboxylic acid groups (broad SMARTS) is 1. The molecule has 0 bridgehead atoms. The first kappa shape index (κ1) is 15.5. The standard InChI is InChI=1S/C15H21N5O3/c21-13(22)12(11-3-4-11)18-15(23)20-8-2-7-19(9-10-20)14-16-5-1-6-17-14/h1,5-6,11-12H,2-4,7-10H2,(H,18,23)(H,21,22)/t12-/m0/s1. The van der Waals surface area contributed by atoms with Crippen LogP contribution in [0.15, 0.2) is 18.5 Å². The number of urea groups is 1. The lowest BCUT2D eigenvalue weighted by Gasteiger charge is -2.24. The maximum Gasteiger partial charge on any atom is 0.326 e. The topological polar surface area (TPSA) is 98.7 Å². The summed E-state index contributed by atoms with van der Waals surface area (Å²) in [5.41, 5.74) is 0. The molecule has 1 aliphatic carbocycles. The van der Waals surface area contributed by atoms with Crippen LogP contribution in [0.4, 0.5) is 10.7 Å². The van der Waals surface area contributed by atoms with Gasteiger partial charge in [0.25, 0.3) is 0 Å². The summed E-state index contributed by atoms with van der Waals surface area (Å²) in [6.45, 7) is 2.55. The Morgan fingerprint density at radius 2 is 1.91 bits per heavy atom. The van der Waals surface area contributed by atoms with Gasteiger partial charge in [-0.2, -0.15) is 0 Å². The molecule has 1 aromatic rings. The number of carboxylic acids is 1. The van der Waals surface area contributed by atoms with Crippen LogP contribution in [0.5, 0.6) is 0 Å². The molecule has 2 amide bonds. The largest absolute Gasteiger partial charge is 0.480 e. The highest BCUT2D eigenvalue weighted by Crippen LogP contribution is 2.32. The van der Waals surface area contributed by atoms with Gasteiger partial charge in [0, 0.05) is 38.6 Å². The second-order valence-corrected chi connectivity index (χ2v) is 5.98. The summed E-state index contributed by atoms with van der Waals surface area (Å²) < 4.78 is 0. The lowest BCUT2D eigenvalue weighted by molar-refractivity contribution is -0.139. The quantitative estimate of drug-likeness (QED) is 0.841. The van der Waals surface area contributed by atoms with Gasteiger partial charge in [0.2, 0.25) is 5.95 Å². The zero-order chi connectivity index (χ0) is 16.2. The summed E-state index contributed by atoms with van der Waals surface area (Å²) in [4.78, 5) is 35.8. The van der Waals surface area contributed by atoms with Gasteiger partial charge < -0.3 is 20.2 Å². The van der Waals surface area contributed by atoms with E-state index in [2.05, 4.69) is 15.3 Å². The number of anilines is 1. The molecule has 124 valence electrons. The Kier molecular flexibility index (Phi) is 4.59. The van der Waals surface area contributed by atoms with Crippen LogP contribution in [-0.2, 0) is 4.79 Å². The summed E-state index contributed by atoms with van der Waals surface area (Å²) in [6, 6.07) is 0.713. The van der Waals surface area contributed by atoms with Gasteiger partial charge in [0.1, 0.15) is 6.04 Å². The zero-order valence-corrected chi connectivity index (χ0v) is 12.9. The van der Waals surface area contributed by atoms with E-state index in [1.807, 2.05) is 4.90 Å². The Morgan fingerprint density at radius 3 is 2.57 bits per heavy atom. The van der Waals surface area contributed by atoms with Gasteiger partial charge in [0.05, 0.1) is 0 Å². The summed E-state index contributed by atoms with van der Waals surface area (Å²) in [5.74, 6) is -0.205. The maximum absolute atomic E-state index is 12.3. The molecule has 0 spiro atoms. The molecule has 23 heavy (non-hydrogen) atoms. The van der Waals surface area contributed by atoms with Crippen molar-refractivity contribution in [3.05, 3.63) is 18.5 Å². The van der Waals surface area contributed by atoms with Crippen LogP contribution in [0.25, 0.3) is 0 Å². The fourth-order valence-electron chi connectivity index (χ4n) is 2.81. The van der Waals surface area contributed by atoms with Crippen molar-refractivity contribution < 1.29 is 14.7 Å². The molecular weight excluding hydrogens is 298 g/mol. The Balaban J connectivity index is 1.57. The predicted octanol–water partition coefficient (Wildman–Crippen LogP) is 0.561. The SMILES string of the molecule is O=C(O)[C@@H](NC(=O)N1CCCN(c2ncccn2)CC1)C1CC1. The van der Waals surface area contributed by atoms with E-state index in [9.17, 15) is 14.7 Å². The van der Waals surface area contributed by atoms with Gasteiger partial charge in [-0.3, -0.25) is 0 Å². The lowest BCUT2D eigenvalue weighted by Crippen LogP contribution is -2.49. The molecule has 2 heterocycles. The second-order valence-electron chi connectivity index (χ2n) is 5.98. The number of nitrogens with zero attached hydrogens (tertiary/aromatic N) is 4. The van der Waals surface area contributed by atoms with Gasteiger partial charge in [-0.15, -0.1) is 0 Å². The summed E-state index contributed by atoms with van der Waals surface area (Å²) in [7, 11) is 0. The highest BCUT2D eigenvalue weighted by molar-refractivity contribution is 5.83. The first-order chi connectivity index (χ1) is 11.1. The van der Waals surface area contributed by atoms with Gasteiger partial charge in [-0.25, -0.2) is 19.6 Å². The minimum absolute atomic E-state index is 0.0812. The number of nitrogens with one attached hydrogen (secondary N) is 1. The third-order valence-corrected chi connectivity index (χ3v) is 4.26. The van der Waals surface area contributed by atoms with Crippen molar-refractivity contribution >= 4 is 17.9 Å². The van der Waals surface area contributed by atoms with E-state index in [1.165, 1.54) is 0 Å². The number of carbonyl (C=O) groups is 2. The Hall–Kier alpha value is -2.38. The molecular formula is C15H21N5O3. The normalized spacial score (nSPS) is 19.8. The molecule has 2 fully saturated rings. The number of carbonyl (C=O) groups excluding carboxylic acids is 1. The number of hydrogen-bond acceptors (Lipinski definition) is 5. The molecule has 3 rings (SSSR count). The second kappa shape index (κ2) is 6.80. The van der Waals surface area contributed by atoms with E-state index in [0.29, 0.717) is 25.6 Å². The van der Waals surface area contributed by atoms with Crippen LogP contribution in [0, 0.1) is 5.92 Å². The molecule has 1 aromatic heterocycles. The molecule has 1 aliphatic heterocycles. The summed E-state index contributed by atoms with van der Waals surface area (Å²) >= 11 is 0. The van der Waals surface area contributed by atoms with Gasteiger partial charge in [0.15, 0.2) is 0 Å². The summed E-state index contributed by atoms with van der Waals surface area (Å²) in [5, 5.41) is 11.9. The molecule has 0 unspecified atom stereocenters. The fraction of sp³-hybridized carbons (Fsp3) is 0.600. The number of amides is 2. The Bertz CT molecular complexity index is 563. The average Bonchev–Trinajstić information content (AvgIpc) is 3.39. The fourth-order valence-corrected chi connectivity index (χ4v) is 2.81. The summed E-state index contributed by atoms with van der Waals surface area (Å²) in [6.07, 6.45) is 5.94. The van der Waals surface area contributed by atoms with Crippen molar-refractivity contribution in [1.29, 1.82) is 0 Å². The van der Waals surface area contributed by atoms with Crippen molar-refractivity contribution in [1.82, 2.24) is 20.2 Å². The van der Waals surface area contributed by atoms with Gasteiger partial charge >= 0.3 is 12.0 Å². The van der Waals surface area contributed by atoms with Crippen LogP contribution in [0.3, 0.4) is 0 Å². The minimum Gasteiger partial charge on any atom is -0.480 e. The van der Waals surface area contributed by atoms with Crippen molar-refractivity contribution in [3.8, 4) is 0 Å². The van der Waals surface area contributed by atoms with E-state index in [4.69, 9.17) is 0 Å². The first-order valence-corrected chi connectivity index (χ1v) is 7.95. The van der Waals surface area contributed by atoms with Gasteiger partial charge in [-0.1, -0.05) is 0 Å². The van der Waals surface area contributed by atoms with Gasteiger partial charge in [-0.05, 0) is 31.2 Å². The molecule has 2 aliphatic rings. The van der Waals surface area contributed by atoms with E-state index < -0.39 is 12.0 Å². The van der Waals surface area contributed by atoms with E-state index >= 15 is 0 Å². The van der Waals surface area contributed by atoms with Crippen molar-refractivity contribution in [2.24, 2.45) is 5.92 Å². The van der Waals surface area contributed by atoms with Crippen molar-refractivity contribution in [2.45, 2.75) is 25.3 Å². The molecule has 0 radical (unpaired) electrons. The monoisotopic (exact) mass is 319 g/mol. The molecule has 1 atom stereocenters. The minimum atomic E-state index is -0.949. The number of aliphatic carboxylic acids is 1. The van der Waals surface area contributed by atoms with Crippen LogP contribution in [0.1, 0.15) is 19.3 Å². The number of rotatable bonds is 4. The van der Waals surface area contributed by atoms with Crippen LogP contribution < -0.4 is 10.2 Å². The molecule has 1 saturated carbocycles. The molecule has 8 heteroatoms. The zero-order valence-electron chi connectivity index (χ0n) is 12.9. The lowest BCUT2D eigenvalue weighted by atomic mass is 10.2. The molecule has 0 aromatic carbocycles. The van der Waals surface area contributed by atoms with Crippen LogP contribution in [-0.4, -0.2) is 64.2 Å². The van der Waals surface area contributed by atoms with E-state index in [-0.39, 0.29) is 11.9 Å². The Morgan fingerprint density at radius 1 is 1.17 bits per heavy atom. The molecule has 2 N–H and O–H groups in total. The average molecular weight is 319 g/mol. The van der Waals surface area contributed by atoms with Crippen molar-refractivity contribution in [2.75, 3.05) is 31.1 Å². The number of hydrogen-bond donors (Lipinski definition) is 2. The smallest absolute Gasteiger partial charge is 0.326 e. The predicted molar refractivity (Wildman–Crippen MR) is 83.1 cm³/mol.